The maximum atomic E-state index is 13.1. The predicted molar refractivity (Wildman–Crippen MR) is 91.6 cm³/mol. The van der Waals surface area contributed by atoms with Crippen LogP contribution in [0.2, 0.25) is 0 Å². The summed E-state index contributed by atoms with van der Waals surface area (Å²) in [5, 5.41) is 4.32. The lowest BCUT2D eigenvalue weighted by Crippen LogP contribution is -2.14. The summed E-state index contributed by atoms with van der Waals surface area (Å²) < 4.78 is 27.6. The highest BCUT2D eigenvalue weighted by molar-refractivity contribution is 7.91. The minimum atomic E-state index is -3.79. The third-order valence-corrected chi connectivity index (χ3v) is 5.37. The molecule has 0 unspecified atom stereocenters. The molecule has 3 rings (SSSR count). The van der Waals surface area contributed by atoms with Gasteiger partial charge in [-0.3, -0.25) is 4.68 Å². The first-order valence-corrected chi connectivity index (χ1v) is 8.86. The highest BCUT2D eigenvalue weighted by Gasteiger charge is 2.29. The Morgan fingerprint density at radius 2 is 1.79 bits per heavy atom. The summed E-state index contributed by atoms with van der Waals surface area (Å²) >= 11 is 0. The van der Waals surface area contributed by atoms with Gasteiger partial charge in [0.25, 0.3) is 0 Å². The molecule has 0 atom stereocenters. The minimum Gasteiger partial charge on any atom is -0.382 e. The Kier molecular flexibility index (Phi) is 3.88. The molecule has 0 radical (unpaired) electrons. The molecule has 0 spiro atoms. The Morgan fingerprint density at radius 3 is 2.38 bits per heavy atom. The van der Waals surface area contributed by atoms with Crippen molar-refractivity contribution in [3.8, 4) is 0 Å². The van der Waals surface area contributed by atoms with Gasteiger partial charge in [0.1, 0.15) is 5.52 Å². The van der Waals surface area contributed by atoms with Crippen LogP contribution in [0.1, 0.15) is 6.92 Å². The topological polar surface area (TPSA) is 107 Å². The van der Waals surface area contributed by atoms with Crippen molar-refractivity contribution in [2.45, 2.75) is 23.4 Å². The van der Waals surface area contributed by atoms with E-state index in [0.29, 0.717) is 12.5 Å². The van der Waals surface area contributed by atoms with E-state index in [1.54, 1.807) is 49.3 Å². The van der Waals surface area contributed by atoms with Gasteiger partial charge in [0.15, 0.2) is 16.4 Å². The molecule has 0 fully saturated rings. The number of aryl methyl sites for hydroxylation is 1. The summed E-state index contributed by atoms with van der Waals surface area (Å²) in [4.78, 5) is 10.4. The van der Waals surface area contributed by atoms with Gasteiger partial charge in [0, 0.05) is 20.6 Å². The highest BCUT2D eigenvalue weighted by Crippen LogP contribution is 2.30. The maximum absolute atomic E-state index is 13.1. The van der Waals surface area contributed by atoms with E-state index in [2.05, 4.69) is 15.1 Å². The van der Waals surface area contributed by atoms with Crippen LogP contribution in [-0.2, 0) is 16.4 Å². The first kappa shape index (κ1) is 16.2. The zero-order chi connectivity index (χ0) is 17.5. The van der Waals surface area contributed by atoms with Gasteiger partial charge < -0.3 is 10.6 Å². The van der Waals surface area contributed by atoms with Crippen LogP contribution in [-0.4, -0.2) is 42.3 Å². The first-order valence-electron chi connectivity index (χ1n) is 7.37. The number of anilines is 2. The molecule has 3 aromatic rings. The van der Waals surface area contributed by atoms with Crippen molar-refractivity contribution in [3.05, 3.63) is 30.3 Å². The van der Waals surface area contributed by atoms with Crippen molar-refractivity contribution in [2.24, 2.45) is 0 Å². The monoisotopic (exact) mass is 346 g/mol. The van der Waals surface area contributed by atoms with Crippen LogP contribution in [0.5, 0.6) is 0 Å². The minimum absolute atomic E-state index is 0.0309. The summed E-state index contributed by atoms with van der Waals surface area (Å²) in [5.41, 5.74) is 6.49. The van der Waals surface area contributed by atoms with Crippen LogP contribution in [0, 0.1) is 0 Å². The summed E-state index contributed by atoms with van der Waals surface area (Å²) in [6.07, 6.45) is 0. The lowest BCUT2D eigenvalue weighted by atomic mass is 10.4. The van der Waals surface area contributed by atoms with Crippen molar-refractivity contribution in [3.63, 3.8) is 0 Å². The number of nitrogens with zero attached hydrogens (tertiary/aromatic N) is 5. The van der Waals surface area contributed by atoms with Gasteiger partial charge in [-0.25, -0.2) is 13.4 Å². The second-order valence-corrected chi connectivity index (χ2v) is 7.30. The Labute approximate surface area is 139 Å². The van der Waals surface area contributed by atoms with Gasteiger partial charge >= 0.3 is 0 Å². The Hall–Kier alpha value is -2.68. The lowest BCUT2D eigenvalue weighted by Gasteiger charge is -2.11. The number of rotatable bonds is 4. The standard InChI is InChI=1S/C15H18N6O2S/c1-4-21-14(24(22,23)10-8-6-5-7-9-10)12-11(19-21)13(16)18-15(17-12)20(2)3/h5-9H,4H2,1-3H3,(H2,16,17,18). The van der Waals surface area contributed by atoms with Crippen LogP contribution in [0.3, 0.4) is 0 Å². The number of sulfone groups is 1. The largest absolute Gasteiger partial charge is 0.382 e. The van der Waals surface area contributed by atoms with E-state index in [1.807, 2.05) is 6.92 Å². The summed E-state index contributed by atoms with van der Waals surface area (Å²) in [6.45, 7) is 2.18. The van der Waals surface area contributed by atoms with Crippen molar-refractivity contribution < 1.29 is 8.42 Å². The number of aromatic nitrogens is 4. The third kappa shape index (κ3) is 2.46. The number of fused-ring (bicyclic) bond motifs is 1. The fraction of sp³-hybridized carbons (Fsp3) is 0.267. The number of hydrogen-bond acceptors (Lipinski definition) is 7. The molecule has 0 aliphatic rings. The average molecular weight is 346 g/mol. The van der Waals surface area contributed by atoms with Gasteiger partial charge in [-0.05, 0) is 19.1 Å². The molecule has 0 aliphatic heterocycles. The molecular weight excluding hydrogens is 328 g/mol. The summed E-state index contributed by atoms with van der Waals surface area (Å²) in [6, 6.07) is 8.21. The van der Waals surface area contributed by atoms with E-state index >= 15 is 0 Å². The molecule has 2 aromatic heterocycles. The molecule has 2 heterocycles. The van der Waals surface area contributed by atoms with Crippen LogP contribution in [0.15, 0.2) is 40.3 Å². The van der Waals surface area contributed by atoms with Gasteiger partial charge in [0.2, 0.25) is 15.8 Å². The molecule has 0 amide bonds. The van der Waals surface area contributed by atoms with E-state index in [9.17, 15) is 8.42 Å². The van der Waals surface area contributed by atoms with Gasteiger partial charge in [-0.1, -0.05) is 18.2 Å². The average Bonchev–Trinajstić information content (AvgIpc) is 2.95. The molecule has 8 nitrogen and oxygen atoms in total. The molecule has 0 saturated carbocycles. The van der Waals surface area contributed by atoms with E-state index in [0.717, 1.165) is 0 Å². The van der Waals surface area contributed by atoms with Crippen LogP contribution >= 0.6 is 0 Å². The molecule has 9 heteroatoms. The van der Waals surface area contributed by atoms with Crippen molar-refractivity contribution >= 4 is 32.6 Å². The zero-order valence-electron chi connectivity index (χ0n) is 13.6. The highest BCUT2D eigenvalue weighted by atomic mass is 32.2. The third-order valence-electron chi connectivity index (χ3n) is 3.56. The molecule has 24 heavy (non-hydrogen) atoms. The van der Waals surface area contributed by atoms with Gasteiger partial charge in [-0.2, -0.15) is 10.1 Å². The molecule has 0 bridgehead atoms. The molecule has 2 N–H and O–H groups in total. The van der Waals surface area contributed by atoms with Gasteiger partial charge in [0.05, 0.1) is 4.90 Å². The first-order chi connectivity index (χ1) is 11.4. The Bertz CT molecular complexity index is 996. The predicted octanol–water partition coefficient (Wildman–Crippen LogP) is 1.33. The van der Waals surface area contributed by atoms with Crippen LogP contribution < -0.4 is 10.6 Å². The molecule has 1 aromatic carbocycles. The van der Waals surface area contributed by atoms with E-state index in [-0.39, 0.29) is 26.8 Å². The van der Waals surface area contributed by atoms with Crippen molar-refractivity contribution in [1.29, 1.82) is 0 Å². The number of benzene rings is 1. The second-order valence-electron chi connectivity index (χ2n) is 5.44. The van der Waals surface area contributed by atoms with Crippen molar-refractivity contribution in [2.75, 3.05) is 24.7 Å². The van der Waals surface area contributed by atoms with E-state index in [1.165, 1.54) is 4.68 Å². The van der Waals surface area contributed by atoms with Gasteiger partial charge in [-0.15, -0.1) is 0 Å². The quantitative estimate of drug-likeness (QED) is 0.759. The zero-order valence-corrected chi connectivity index (χ0v) is 14.4. The molecule has 0 saturated heterocycles. The molecular formula is C15H18N6O2S. The van der Waals surface area contributed by atoms with Crippen LogP contribution in [0.25, 0.3) is 11.0 Å². The van der Waals surface area contributed by atoms with Crippen molar-refractivity contribution in [1.82, 2.24) is 19.7 Å². The smallest absolute Gasteiger partial charge is 0.227 e. The number of hydrogen-bond donors (Lipinski definition) is 1. The SMILES string of the molecule is CCn1nc2c(N)nc(N(C)C)nc2c1S(=O)(=O)c1ccccc1. The summed E-state index contributed by atoms with van der Waals surface area (Å²) in [7, 11) is -0.268. The fourth-order valence-electron chi connectivity index (χ4n) is 2.39. The second kappa shape index (κ2) is 5.75. The fourth-order valence-corrected chi connectivity index (χ4v) is 3.97. The Balaban J connectivity index is 2.38. The van der Waals surface area contributed by atoms with E-state index in [4.69, 9.17) is 5.73 Å². The van der Waals surface area contributed by atoms with Crippen LogP contribution in [0.4, 0.5) is 11.8 Å². The number of nitrogens with two attached hydrogens (primary N) is 1. The molecule has 0 aliphatic carbocycles. The summed E-state index contributed by atoms with van der Waals surface area (Å²) in [5.74, 6) is 0.487. The van der Waals surface area contributed by atoms with E-state index < -0.39 is 9.84 Å². The maximum Gasteiger partial charge on any atom is 0.227 e. The lowest BCUT2D eigenvalue weighted by molar-refractivity contribution is 0.558. The normalized spacial score (nSPS) is 11.8. The number of nitrogen functional groups attached to an aromatic ring is 1. The Morgan fingerprint density at radius 1 is 1.12 bits per heavy atom. The molecule has 126 valence electrons.